The van der Waals surface area contributed by atoms with Crippen LogP contribution >= 0.6 is 0 Å². The summed E-state index contributed by atoms with van der Waals surface area (Å²) < 4.78 is 5.38. The van der Waals surface area contributed by atoms with Crippen LogP contribution in [0.2, 0.25) is 0 Å². The van der Waals surface area contributed by atoms with Crippen molar-refractivity contribution in [2.75, 3.05) is 13.2 Å². The lowest BCUT2D eigenvalue weighted by Gasteiger charge is -2.26. The lowest BCUT2D eigenvalue weighted by Crippen LogP contribution is -2.25. The third kappa shape index (κ3) is 6.46. The van der Waals surface area contributed by atoms with Crippen molar-refractivity contribution in [1.29, 1.82) is 0 Å². The number of hydrogen-bond donors (Lipinski definition) is 1. The van der Waals surface area contributed by atoms with Crippen LogP contribution in [0.1, 0.15) is 87.1 Å². The minimum atomic E-state index is -0.156. The van der Waals surface area contributed by atoms with Crippen molar-refractivity contribution in [3.8, 4) is 0 Å². The molecule has 0 amide bonds. The summed E-state index contributed by atoms with van der Waals surface area (Å²) in [4.78, 5) is 24.3. The molecule has 0 aliphatic heterocycles. The number of rotatable bonds is 10. The third-order valence-corrected chi connectivity index (χ3v) is 5.86. The molecule has 4 nitrogen and oxygen atoms in total. The fraction of sp³-hybridized carbons (Fsp3) is 0.652. The number of nitrogens with two attached hydrogens (primary N) is 1. The molecule has 1 aromatic carbocycles. The minimum absolute atomic E-state index is 0.139. The second kappa shape index (κ2) is 11.2. The average Bonchev–Trinajstić information content (AvgIpc) is 2.73. The molecule has 1 fully saturated rings. The number of unbranched alkanes of at least 4 members (excludes halogenated alkanes) is 1. The van der Waals surface area contributed by atoms with Crippen molar-refractivity contribution >= 4 is 11.8 Å². The Hall–Kier alpha value is -1.68. The Balaban J connectivity index is 2.00. The summed E-state index contributed by atoms with van der Waals surface area (Å²) in [7, 11) is 0. The molecule has 27 heavy (non-hydrogen) atoms. The molecule has 1 atom stereocenters. The highest BCUT2D eigenvalue weighted by atomic mass is 16.5. The van der Waals surface area contributed by atoms with E-state index in [0.717, 1.165) is 62.6 Å². The van der Waals surface area contributed by atoms with Gasteiger partial charge in [-0.25, -0.2) is 0 Å². The zero-order valence-corrected chi connectivity index (χ0v) is 16.9. The van der Waals surface area contributed by atoms with Gasteiger partial charge in [-0.2, -0.15) is 0 Å². The molecular formula is C23H35NO3. The molecule has 0 heterocycles. The Morgan fingerprint density at radius 3 is 2.33 bits per heavy atom. The molecule has 0 radical (unpaired) electrons. The monoisotopic (exact) mass is 373 g/mol. The van der Waals surface area contributed by atoms with Crippen LogP contribution in [0.25, 0.3) is 0 Å². The first-order chi connectivity index (χ1) is 13.1. The van der Waals surface area contributed by atoms with Crippen LogP contribution in [-0.2, 0) is 9.53 Å². The summed E-state index contributed by atoms with van der Waals surface area (Å²) in [6.45, 7) is 5.13. The van der Waals surface area contributed by atoms with Gasteiger partial charge in [-0.15, -0.1) is 0 Å². The topological polar surface area (TPSA) is 69.4 Å². The van der Waals surface area contributed by atoms with E-state index in [9.17, 15) is 9.59 Å². The molecular weight excluding hydrogens is 338 g/mol. The summed E-state index contributed by atoms with van der Waals surface area (Å²) in [5.74, 6) is 1.03. The summed E-state index contributed by atoms with van der Waals surface area (Å²) in [6, 6.07) is 7.98. The van der Waals surface area contributed by atoms with E-state index >= 15 is 0 Å². The maximum atomic E-state index is 12.8. The summed E-state index contributed by atoms with van der Waals surface area (Å²) >= 11 is 0. The van der Waals surface area contributed by atoms with E-state index in [1.807, 2.05) is 31.2 Å². The standard InChI is InChI=1S/C23H35NO3/c1-3-5-6-21(16-27-22(25)4-2)18-11-13-20(14-12-18)23(26)19-9-7-17(15-24)8-10-19/h11-14,17,19,21H,3-10,15-16,24H2,1-2H3. The number of ether oxygens (including phenoxy) is 1. The second-order valence-electron chi connectivity index (χ2n) is 7.82. The molecule has 1 aromatic rings. The van der Waals surface area contributed by atoms with Crippen molar-refractivity contribution < 1.29 is 14.3 Å². The Kier molecular flexibility index (Phi) is 8.99. The van der Waals surface area contributed by atoms with Crippen LogP contribution in [-0.4, -0.2) is 24.9 Å². The average molecular weight is 374 g/mol. The first-order valence-electron chi connectivity index (χ1n) is 10.6. The highest BCUT2D eigenvalue weighted by molar-refractivity contribution is 5.97. The molecule has 150 valence electrons. The van der Waals surface area contributed by atoms with Crippen molar-refractivity contribution in [3.05, 3.63) is 35.4 Å². The molecule has 1 aliphatic carbocycles. The van der Waals surface area contributed by atoms with E-state index in [1.165, 1.54) is 0 Å². The highest BCUT2D eigenvalue weighted by Gasteiger charge is 2.26. The Morgan fingerprint density at radius 2 is 1.78 bits per heavy atom. The molecule has 2 rings (SSSR count). The van der Waals surface area contributed by atoms with Gasteiger partial charge in [0.2, 0.25) is 0 Å². The molecule has 0 spiro atoms. The molecule has 1 aliphatic rings. The first-order valence-corrected chi connectivity index (χ1v) is 10.6. The van der Waals surface area contributed by atoms with Gasteiger partial charge in [-0.05, 0) is 50.1 Å². The van der Waals surface area contributed by atoms with Gasteiger partial charge in [-0.1, -0.05) is 51.0 Å². The predicted octanol–water partition coefficient (Wildman–Crippen LogP) is 4.86. The zero-order valence-electron chi connectivity index (χ0n) is 16.9. The van der Waals surface area contributed by atoms with Crippen molar-refractivity contribution in [3.63, 3.8) is 0 Å². The van der Waals surface area contributed by atoms with Crippen molar-refractivity contribution in [1.82, 2.24) is 0 Å². The quantitative estimate of drug-likeness (QED) is 0.470. The van der Waals surface area contributed by atoms with Crippen molar-refractivity contribution in [2.24, 2.45) is 17.6 Å². The predicted molar refractivity (Wildman–Crippen MR) is 109 cm³/mol. The molecule has 0 bridgehead atoms. The van der Waals surface area contributed by atoms with Crippen LogP contribution in [0.4, 0.5) is 0 Å². The van der Waals surface area contributed by atoms with E-state index in [0.29, 0.717) is 18.9 Å². The SMILES string of the molecule is CCCCC(COC(=O)CC)c1ccc(C(=O)C2CCC(CN)CC2)cc1. The second-order valence-corrected chi connectivity index (χ2v) is 7.82. The lowest BCUT2D eigenvalue weighted by molar-refractivity contribution is -0.143. The number of ketones is 1. The maximum absolute atomic E-state index is 12.8. The maximum Gasteiger partial charge on any atom is 0.305 e. The van der Waals surface area contributed by atoms with Crippen LogP contribution in [0.3, 0.4) is 0 Å². The first kappa shape index (κ1) is 21.6. The van der Waals surface area contributed by atoms with Gasteiger partial charge >= 0.3 is 5.97 Å². The molecule has 1 unspecified atom stereocenters. The van der Waals surface area contributed by atoms with Crippen LogP contribution in [0.15, 0.2) is 24.3 Å². The fourth-order valence-electron chi connectivity index (χ4n) is 3.91. The van der Waals surface area contributed by atoms with Crippen LogP contribution < -0.4 is 5.73 Å². The number of esters is 1. The number of carbonyl (C=O) groups excluding carboxylic acids is 2. The van der Waals surface area contributed by atoms with E-state index in [4.69, 9.17) is 10.5 Å². The molecule has 4 heteroatoms. The van der Waals surface area contributed by atoms with Crippen molar-refractivity contribution in [2.45, 2.75) is 71.1 Å². The minimum Gasteiger partial charge on any atom is -0.465 e. The smallest absolute Gasteiger partial charge is 0.305 e. The largest absolute Gasteiger partial charge is 0.465 e. The molecule has 0 aromatic heterocycles. The summed E-state index contributed by atoms with van der Waals surface area (Å²) in [5.41, 5.74) is 7.70. The number of benzene rings is 1. The fourth-order valence-corrected chi connectivity index (χ4v) is 3.91. The Bertz CT molecular complexity index is 588. The normalized spacial score (nSPS) is 20.9. The Morgan fingerprint density at radius 1 is 1.11 bits per heavy atom. The van der Waals surface area contributed by atoms with Crippen LogP contribution in [0.5, 0.6) is 0 Å². The van der Waals surface area contributed by atoms with Gasteiger partial charge in [0.05, 0.1) is 6.61 Å². The van der Waals surface area contributed by atoms with Gasteiger partial charge in [-0.3, -0.25) is 9.59 Å². The molecule has 1 saturated carbocycles. The highest BCUT2D eigenvalue weighted by Crippen LogP contribution is 2.31. The Labute approximate surface area is 163 Å². The van der Waals surface area contributed by atoms with Gasteiger partial charge < -0.3 is 10.5 Å². The number of Topliss-reactive ketones (excluding diaryl/α,β-unsaturated/α-hetero) is 1. The molecule has 0 saturated heterocycles. The van der Waals surface area contributed by atoms with Gasteiger partial charge in [0.15, 0.2) is 5.78 Å². The summed E-state index contributed by atoms with van der Waals surface area (Å²) in [6.07, 6.45) is 7.63. The zero-order chi connectivity index (χ0) is 19.6. The van der Waals surface area contributed by atoms with E-state index in [-0.39, 0.29) is 23.6 Å². The molecule has 2 N–H and O–H groups in total. The van der Waals surface area contributed by atoms with Gasteiger partial charge in [0.25, 0.3) is 0 Å². The van der Waals surface area contributed by atoms with Gasteiger partial charge in [0.1, 0.15) is 0 Å². The van der Waals surface area contributed by atoms with E-state index in [2.05, 4.69) is 6.92 Å². The van der Waals surface area contributed by atoms with E-state index in [1.54, 1.807) is 0 Å². The number of hydrogen-bond acceptors (Lipinski definition) is 4. The summed E-state index contributed by atoms with van der Waals surface area (Å²) in [5, 5.41) is 0. The van der Waals surface area contributed by atoms with Gasteiger partial charge in [0, 0.05) is 23.8 Å². The third-order valence-electron chi connectivity index (χ3n) is 5.86. The number of carbonyl (C=O) groups is 2. The van der Waals surface area contributed by atoms with E-state index < -0.39 is 0 Å². The van der Waals surface area contributed by atoms with Crippen LogP contribution in [0, 0.1) is 11.8 Å². The lowest BCUT2D eigenvalue weighted by atomic mass is 9.78.